The Morgan fingerprint density at radius 1 is 1.00 bits per heavy atom. The molecule has 6 rings (SSSR count). The number of hydrogen-bond acceptors (Lipinski definition) is 6. The summed E-state index contributed by atoms with van der Waals surface area (Å²) in [5.41, 5.74) is 2.44. The number of aromatic nitrogens is 5. The fourth-order valence-corrected chi connectivity index (χ4v) is 5.55. The van der Waals surface area contributed by atoms with Crippen molar-refractivity contribution in [3.05, 3.63) is 82.0 Å². The van der Waals surface area contributed by atoms with Gasteiger partial charge in [-0.3, -0.25) is 9.69 Å². The largest absolute Gasteiger partial charge is 0.309 e. The zero-order chi connectivity index (χ0) is 21.5. The molecule has 1 fully saturated rings. The van der Waals surface area contributed by atoms with Crippen molar-refractivity contribution in [1.29, 1.82) is 0 Å². The van der Waals surface area contributed by atoms with Crippen molar-refractivity contribution in [3.63, 3.8) is 0 Å². The number of aromatic amines is 1. The smallest absolute Gasteiger partial charge is 0.262 e. The van der Waals surface area contributed by atoms with E-state index in [0.29, 0.717) is 29.3 Å². The number of nitrogens with zero attached hydrogens (tertiary/aromatic N) is 5. The van der Waals surface area contributed by atoms with Gasteiger partial charge in [0.25, 0.3) is 5.56 Å². The topological polar surface area (TPSA) is 79.7 Å². The third kappa shape index (κ3) is 3.51. The minimum absolute atomic E-state index is 0.142. The predicted octanol–water partition coefficient (Wildman–Crippen LogP) is 4.10. The molecule has 0 atom stereocenters. The summed E-state index contributed by atoms with van der Waals surface area (Å²) in [4.78, 5) is 27.6. The summed E-state index contributed by atoms with van der Waals surface area (Å²) in [6.45, 7) is 2.54. The summed E-state index contributed by atoms with van der Waals surface area (Å²) in [6, 6.07) is 18.1. The fraction of sp³-hybridized carbons (Fsp3) is 0.250. The van der Waals surface area contributed by atoms with Gasteiger partial charge in [-0.2, -0.15) is 5.10 Å². The summed E-state index contributed by atoms with van der Waals surface area (Å²) in [5, 5.41) is 6.14. The molecule has 5 aromatic rings. The van der Waals surface area contributed by atoms with Gasteiger partial charge in [0.05, 0.1) is 33.7 Å². The van der Waals surface area contributed by atoms with Gasteiger partial charge in [0.15, 0.2) is 5.65 Å². The summed E-state index contributed by atoms with van der Waals surface area (Å²) in [6.07, 6.45) is 3.71. The van der Waals surface area contributed by atoms with Crippen LogP contribution in [0.4, 0.5) is 0 Å². The molecule has 1 aliphatic rings. The van der Waals surface area contributed by atoms with E-state index in [4.69, 9.17) is 9.97 Å². The molecule has 0 radical (unpaired) electrons. The Balaban J connectivity index is 1.20. The van der Waals surface area contributed by atoms with Crippen LogP contribution in [0.2, 0.25) is 0 Å². The molecule has 0 unspecified atom stereocenters. The second-order valence-electron chi connectivity index (χ2n) is 8.21. The number of rotatable bonds is 4. The van der Waals surface area contributed by atoms with Gasteiger partial charge in [-0.15, -0.1) is 11.3 Å². The van der Waals surface area contributed by atoms with Crippen LogP contribution in [0.25, 0.3) is 26.9 Å². The molecule has 4 heterocycles. The molecule has 0 bridgehead atoms. The minimum Gasteiger partial charge on any atom is -0.309 e. The maximum absolute atomic E-state index is 12.6. The van der Waals surface area contributed by atoms with E-state index in [9.17, 15) is 4.79 Å². The van der Waals surface area contributed by atoms with Crippen LogP contribution in [0.5, 0.6) is 0 Å². The average molecular weight is 443 g/mol. The van der Waals surface area contributed by atoms with Crippen molar-refractivity contribution < 1.29 is 0 Å². The molecule has 0 amide bonds. The molecule has 32 heavy (non-hydrogen) atoms. The highest BCUT2D eigenvalue weighted by atomic mass is 32.1. The number of nitrogens with one attached hydrogen (secondary N) is 1. The molecule has 2 aromatic carbocycles. The number of H-pyrrole nitrogens is 1. The monoisotopic (exact) mass is 442 g/mol. The van der Waals surface area contributed by atoms with Crippen LogP contribution in [0.3, 0.4) is 0 Å². The number of piperidine rings is 1. The number of thiazole rings is 1. The van der Waals surface area contributed by atoms with Gasteiger partial charge in [-0.25, -0.2) is 14.6 Å². The van der Waals surface area contributed by atoms with Crippen LogP contribution in [0.1, 0.15) is 29.6 Å². The van der Waals surface area contributed by atoms with Crippen LogP contribution in [0.15, 0.2) is 65.6 Å². The van der Waals surface area contributed by atoms with Crippen molar-refractivity contribution in [2.24, 2.45) is 0 Å². The van der Waals surface area contributed by atoms with Gasteiger partial charge in [-0.05, 0) is 50.2 Å². The Morgan fingerprint density at radius 2 is 1.78 bits per heavy atom. The Kier molecular flexibility index (Phi) is 4.81. The maximum Gasteiger partial charge on any atom is 0.262 e. The maximum atomic E-state index is 12.6. The number of likely N-dealkylation sites (tertiary alicyclic amines) is 1. The highest BCUT2D eigenvalue weighted by Crippen LogP contribution is 2.34. The van der Waals surface area contributed by atoms with Crippen molar-refractivity contribution in [2.45, 2.75) is 25.3 Å². The summed E-state index contributed by atoms with van der Waals surface area (Å²) < 4.78 is 2.99. The zero-order valence-corrected chi connectivity index (χ0v) is 18.3. The quantitative estimate of drug-likeness (QED) is 0.453. The Bertz CT molecular complexity index is 1410. The van der Waals surface area contributed by atoms with E-state index in [1.807, 2.05) is 47.7 Å². The Hall–Kier alpha value is -3.36. The van der Waals surface area contributed by atoms with Crippen LogP contribution in [-0.4, -0.2) is 42.7 Å². The van der Waals surface area contributed by atoms with E-state index in [1.54, 1.807) is 10.9 Å². The summed E-state index contributed by atoms with van der Waals surface area (Å²) in [5.74, 6) is 1.18. The molecule has 1 N–H and O–H groups in total. The summed E-state index contributed by atoms with van der Waals surface area (Å²) >= 11 is 1.81. The van der Waals surface area contributed by atoms with Gasteiger partial charge >= 0.3 is 0 Å². The average Bonchev–Trinajstić information content (AvgIpc) is 3.45. The van der Waals surface area contributed by atoms with E-state index in [1.165, 1.54) is 9.71 Å². The van der Waals surface area contributed by atoms with E-state index < -0.39 is 0 Å². The van der Waals surface area contributed by atoms with Crippen molar-refractivity contribution >= 4 is 32.6 Å². The van der Waals surface area contributed by atoms with Crippen molar-refractivity contribution in [2.75, 3.05) is 13.1 Å². The van der Waals surface area contributed by atoms with Gasteiger partial charge < -0.3 is 4.98 Å². The number of para-hydroxylation sites is 2. The van der Waals surface area contributed by atoms with Gasteiger partial charge in [0.2, 0.25) is 0 Å². The molecule has 7 nitrogen and oxygen atoms in total. The standard InChI is InChI=1S/C24H22N6OS/c31-23-18-14-25-30(17-6-2-1-3-7-17)22(18)27-21(28-23)15-29-12-10-16(11-13-29)24-26-19-8-4-5-9-20(19)32-24/h1-9,14,16H,10-13,15H2,(H,27,28,31). The zero-order valence-electron chi connectivity index (χ0n) is 17.4. The molecule has 0 spiro atoms. The van der Waals surface area contributed by atoms with Gasteiger partial charge in [-0.1, -0.05) is 30.3 Å². The first-order valence-electron chi connectivity index (χ1n) is 10.8. The highest BCUT2D eigenvalue weighted by Gasteiger charge is 2.24. The van der Waals surface area contributed by atoms with Crippen LogP contribution < -0.4 is 5.56 Å². The minimum atomic E-state index is -0.142. The van der Waals surface area contributed by atoms with E-state index in [2.05, 4.69) is 33.2 Å². The van der Waals surface area contributed by atoms with E-state index in [0.717, 1.165) is 37.1 Å². The lowest BCUT2D eigenvalue weighted by atomic mass is 9.97. The fourth-order valence-electron chi connectivity index (χ4n) is 4.41. The van der Waals surface area contributed by atoms with E-state index >= 15 is 0 Å². The Morgan fingerprint density at radius 3 is 2.59 bits per heavy atom. The normalized spacial score (nSPS) is 15.6. The second kappa shape index (κ2) is 7.96. The number of hydrogen-bond donors (Lipinski definition) is 1. The molecule has 0 saturated carbocycles. The predicted molar refractivity (Wildman–Crippen MR) is 126 cm³/mol. The van der Waals surface area contributed by atoms with Crippen LogP contribution in [0, 0.1) is 0 Å². The molecule has 160 valence electrons. The number of fused-ring (bicyclic) bond motifs is 2. The summed E-state index contributed by atoms with van der Waals surface area (Å²) in [7, 11) is 0. The number of benzene rings is 2. The lowest BCUT2D eigenvalue weighted by molar-refractivity contribution is 0.200. The van der Waals surface area contributed by atoms with Gasteiger partial charge in [0, 0.05) is 5.92 Å². The highest BCUT2D eigenvalue weighted by molar-refractivity contribution is 7.18. The molecule has 3 aromatic heterocycles. The van der Waals surface area contributed by atoms with Crippen LogP contribution in [-0.2, 0) is 6.54 Å². The molecular formula is C24H22N6OS. The molecule has 8 heteroatoms. The second-order valence-corrected chi connectivity index (χ2v) is 9.27. The molecular weight excluding hydrogens is 420 g/mol. The Labute approximate surface area is 188 Å². The first-order valence-corrected chi connectivity index (χ1v) is 11.7. The van der Waals surface area contributed by atoms with E-state index in [-0.39, 0.29) is 5.56 Å². The lowest BCUT2D eigenvalue weighted by Gasteiger charge is -2.30. The SMILES string of the molecule is O=c1[nH]c(CN2CCC(c3nc4ccccc4s3)CC2)nc2c1cnn2-c1ccccc1. The lowest BCUT2D eigenvalue weighted by Crippen LogP contribution is -2.33. The van der Waals surface area contributed by atoms with Gasteiger partial charge in [0.1, 0.15) is 11.2 Å². The molecule has 1 aliphatic heterocycles. The third-order valence-electron chi connectivity index (χ3n) is 6.11. The van der Waals surface area contributed by atoms with Crippen molar-refractivity contribution in [1.82, 2.24) is 29.6 Å². The van der Waals surface area contributed by atoms with Crippen molar-refractivity contribution in [3.8, 4) is 5.69 Å². The third-order valence-corrected chi connectivity index (χ3v) is 7.31. The van der Waals surface area contributed by atoms with Crippen LogP contribution >= 0.6 is 11.3 Å². The first-order chi connectivity index (χ1) is 15.7. The molecule has 1 saturated heterocycles. The first kappa shape index (κ1) is 19.3. The molecule has 0 aliphatic carbocycles.